The summed E-state index contributed by atoms with van der Waals surface area (Å²) in [5, 5.41) is 2.22. The quantitative estimate of drug-likeness (QED) is 0.747. The van der Waals surface area contributed by atoms with Crippen molar-refractivity contribution in [3.63, 3.8) is 0 Å². The number of rotatable bonds is 1. The fraction of sp³-hybridized carbons (Fsp3) is 0.533. The molecule has 0 amide bonds. The molecule has 1 N–H and O–H groups in total. The van der Waals surface area contributed by atoms with Gasteiger partial charge in [-0.3, -0.25) is 0 Å². The number of H-pyrrole nitrogens is 1. The molecule has 0 fully saturated rings. The van der Waals surface area contributed by atoms with E-state index in [4.69, 9.17) is 12.2 Å². The van der Waals surface area contributed by atoms with Gasteiger partial charge in [-0.25, -0.2) is 0 Å². The summed E-state index contributed by atoms with van der Waals surface area (Å²) in [6.45, 7) is 6.75. The maximum atomic E-state index is 5.54. The zero-order valence-corrected chi connectivity index (χ0v) is 13.3. The first-order valence-electron chi connectivity index (χ1n) is 6.85. The van der Waals surface area contributed by atoms with E-state index in [1.165, 1.54) is 30.5 Å². The average Bonchev–Trinajstić information content (AvgIpc) is 2.93. The molecule has 0 saturated carbocycles. The first-order valence-corrected chi connectivity index (χ1v) is 8.14. The maximum Gasteiger partial charge on any atom is 0.177 e. The molecule has 2 aromatic heterocycles. The number of thiophene rings is 1. The summed E-state index contributed by atoms with van der Waals surface area (Å²) in [6, 6.07) is 2.70. The smallest absolute Gasteiger partial charge is 0.177 e. The summed E-state index contributed by atoms with van der Waals surface area (Å²) in [6.07, 6.45) is 5.77. The number of fused-ring (bicyclic) bond motifs is 1. The van der Waals surface area contributed by atoms with Crippen molar-refractivity contribution in [1.29, 1.82) is 0 Å². The summed E-state index contributed by atoms with van der Waals surface area (Å²) in [5.74, 6) is 0. The van der Waals surface area contributed by atoms with Crippen LogP contribution in [0.3, 0.4) is 0 Å². The number of nitrogens with zero attached hydrogens (tertiary/aromatic N) is 1. The zero-order chi connectivity index (χ0) is 13.6. The lowest BCUT2D eigenvalue weighted by Gasteiger charge is -2.29. The van der Waals surface area contributed by atoms with E-state index >= 15 is 0 Å². The highest BCUT2D eigenvalue weighted by Gasteiger charge is 2.28. The number of hydrogen-bond donors (Lipinski definition) is 1. The molecule has 0 aromatic carbocycles. The minimum Gasteiger partial charge on any atom is -0.337 e. The minimum absolute atomic E-state index is 0.112. The first-order chi connectivity index (χ1) is 8.98. The summed E-state index contributed by atoms with van der Waals surface area (Å²) >= 11 is 7.42. The lowest BCUT2D eigenvalue weighted by Crippen LogP contribution is -2.23. The van der Waals surface area contributed by atoms with E-state index in [1.54, 1.807) is 4.88 Å². The maximum absolute atomic E-state index is 5.54. The highest BCUT2D eigenvalue weighted by Crippen LogP contribution is 2.38. The molecule has 1 atom stereocenters. The van der Waals surface area contributed by atoms with E-state index in [0.29, 0.717) is 6.04 Å². The minimum atomic E-state index is 0.112. The second kappa shape index (κ2) is 4.60. The zero-order valence-electron chi connectivity index (χ0n) is 11.7. The van der Waals surface area contributed by atoms with Crippen molar-refractivity contribution in [2.45, 2.75) is 51.5 Å². The number of hydrogen-bond acceptors (Lipinski definition) is 2. The highest BCUT2D eigenvalue weighted by molar-refractivity contribution is 7.71. The third kappa shape index (κ3) is 2.21. The lowest BCUT2D eigenvalue weighted by molar-refractivity contribution is 0.438. The van der Waals surface area contributed by atoms with Gasteiger partial charge in [-0.15, -0.1) is 11.3 Å². The molecule has 0 radical (unpaired) electrons. The molecular weight excluding hydrogens is 272 g/mol. The fourth-order valence-electron chi connectivity index (χ4n) is 3.00. The third-order valence-corrected chi connectivity index (χ3v) is 5.22. The Morgan fingerprint density at radius 2 is 2.21 bits per heavy atom. The van der Waals surface area contributed by atoms with Gasteiger partial charge in [-0.1, -0.05) is 20.8 Å². The van der Waals surface area contributed by atoms with E-state index < -0.39 is 0 Å². The van der Waals surface area contributed by atoms with E-state index in [1.807, 2.05) is 11.3 Å². The molecular formula is C15H20N2S2. The topological polar surface area (TPSA) is 20.7 Å². The summed E-state index contributed by atoms with van der Waals surface area (Å²) in [4.78, 5) is 4.79. The van der Waals surface area contributed by atoms with Gasteiger partial charge in [0, 0.05) is 22.2 Å². The standard InChI is InChI=1S/C15H20N2S2/c1-15(2,3)13-9-16-14(18)17(13)11-5-4-6-12-10(11)7-8-19-12/h7-9,11H,4-6H2,1-3H3,(H,16,18). The first kappa shape index (κ1) is 13.1. The van der Waals surface area contributed by atoms with E-state index in [0.717, 1.165) is 4.77 Å². The molecule has 19 heavy (non-hydrogen) atoms. The molecule has 1 aliphatic carbocycles. The van der Waals surface area contributed by atoms with Crippen LogP contribution in [0.15, 0.2) is 17.6 Å². The van der Waals surface area contributed by atoms with Crippen molar-refractivity contribution in [2.24, 2.45) is 0 Å². The number of aromatic amines is 1. The second-order valence-corrected chi connectivity index (χ2v) is 7.69. The van der Waals surface area contributed by atoms with Gasteiger partial charge in [-0.05, 0) is 48.5 Å². The largest absolute Gasteiger partial charge is 0.337 e. The predicted molar refractivity (Wildman–Crippen MR) is 83.7 cm³/mol. The molecule has 0 saturated heterocycles. The van der Waals surface area contributed by atoms with Crippen molar-refractivity contribution in [3.05, 3.63) is 38.5 Å². The third-order valence-electron chi connectivity index (χ3n) is 3.91. The van der Waals surface area contributed by atoms with Crippen LogP contribution in [0.5, 0.6) is 0 Å². The molecule has 102 valence electrons. The van der Waals surface area contributed by atoms with E-state index in [9.17, 15) is 0 Å². The van der Waals surface area contributed by atoms with Gasteiger partial charge in [0.1, 0.15) is 0 Å². The van der Waals surface area contributed by atoms with E-state index in [2.05, 4.69) is 48.0 Å². The van der Waals surface area contributed by atoms with Gasteiger partial charge >= 0.3 is 0 Å². The van der Waals surface area contributed by atoms with Crippen LogP contribution in [-0.4, -0.2) is 9.55 Å². The number of aromatic nitrogens is 2. The van der Waals surface area contributed by atoms with Crippen LogP contribution in [-0.2, 0) is 11.8 Å². The van der Waals surface area contributed by atoms with Gasteiger partial charge in [0.05, 0.1) is 6.04 Å². The van der Waals surface area contributed by atoms with Crippen LogP contribution < -0.4 is 0 Å². The number of nitrogens with one attached hydrogen (secondary N) is 1. The normalized spacial score (nSPS) is 19.4. The van der Waals surface area contributed by atoms with Crippen molar-refractivity contribution in [1.82, 2.24) is 9.55 Å². The molecule has 2 aromatic rings. The Bertz CT molecular complexity index is 640. The Balaban J connectivity index is 2.15. The lowest BCUT2D eigenvalue weighted by atomic mass is 9.89. The average molecular weight is 292 g/mol. The van der Waals surface area contributed by atoms with Crippen molar-refractivity contribution < 1.29 is 0 Å². The Morgan fingerprint density at radius 3 is 2.95 bits per heavy atom. The number of aryl methyl sites for hydroxylation is 1. The fourth-order valence-corrected chi connectivity index (χ4v) is 4.26. The molecule has 0 spiro atoms. The number of imidazole rings is 1. The Hall–Kier alpha value is -0.870. The molecule has 0 aliphatic heterocycles. The van der Waals surface area contributed by atoms with Crippen molar-refractivity contribution >= 4 is 23.6 Å². The summed E-state index contributed by atoms with van der Waals surface area (Å²) in [7, 11) is 0. The monoisotopic (exact) mass is 292 g/mol. The molecule has 0 bridgehead atoms. The highest BCUT2D eigenvalue weighted by atomic mass is 32.1. The molecule has 1 unspecified atom stereocenters. The van der Waals surface area contributed by atoms with Crippen LogP contribution in [0.1, 0.15) is 55.8 Å². The van der Waals surface area contributed by atoms with Gasteiger partial charge in [0.15, 0.2) is 4.77 Å². The second-order valence-electron chi connectivity index (χ2n) is 6.31. The molecule has 1 aliphatic rings. The van der Waals surface area contributed by atoms with Crippen molar-refractivity contribution in [3.8, 4) is 0 Å². The molecule has 4 heteroatoms. The van der Waals surface area contributed by atoms with Gasteiger partial charge in [-0.2, -0.15) is 0 Å². The van der Waals surface area contributed by atoms with Crippen LogP contribution in [0.25, 0.3) is 0 Å². The van der Waals surface area contributed by atoms with Gasteiger partial charge in [0.25, 0.3) is 0 Å². The van der Waals surface area contributed by atoms with Gasteiger partial charge < -0.3 is 9.55 Å². The van der Waals surface area contributed by atoms with Crippen LogP contribution in [0.2, 0.25) is 0 Å². The SMILES string of the molecule is CC(C)(C)c1c[nH]c(=S)n1C1CCCc2sccc21. The van der Waals surface area contributed by atoms with Crippen LogP contribution in [0, 0.1) is 4.77 Å². The van der Waals surface area contributed by atoms with Crippen molar-refractivity contribution in [2.75, 3.05) is 0 Å². The predicted octanol–water partition coefficient (Wildman–Crippen LogP) is 4.83. The Morgan fingerprint density at radius 1 is 1.42 bits per heavy atom. The summed E-state index contributed by atoms with van der Waals surface area (Å²) < 4.78 is 3.20. The Kier molecular flexibility index (Phi) is 3.18. The van der Waals surface area contributed by atoms with Crippen LogP contribution in [0.4, 0.5) is 0 Å². The Labute approximate surface area is 123 Å². The van der Waals surface area contributed by atoms with Gasteiger partial charge in [0.2, 0.25) is 0 Å². The van der Waals surface area contributed by atoms with E-state index in [-0.39, 0.29) is 5.41 Å². The molecule has 2 heterocycles. The molecule has 3 rings (SSSR count). The molecule has 2 nitrogen and oxygen atoms in total. The summed E-state index contributed by atoms with van der Waals surface area (Å²) in [5.41, 5.74) is 2.90. The van der Waals surface area contributed by atoms with Crippen LogP contribution >= 0.6 is 23.6 Å².